The van der Waals surface area contributed by atoms with Crippen molar-refractivity contribution in [1.82, 2.24) is 9.55 Å². The van der Waals surface area contributed by atoms with Crippen LogP contribution in [0.15, 0.2) is 200 Å². The number of fused-ring (bicyclic) bond motifs is 7. The zero-order chi connectivity index (χ0) is 42.3. The van der Waals surface area contributed by atoms with Crippen LogP contribution in [0.1, 0.15) is 43.0 Å². The quantitative estimate of drug-likeness (QED) is 0.123. The maximum absolute atomic E-state index is 5.23. The first-order valence-corrected chi connectivity index (χ1v) is 21.6. The number of hydrogen-bond donors (Lipinski definition) is 0. The minimum atomic E-state index is -0.758. The standard InChI is InChI=1S/C58H42N4O.Pt/c1-57(2,3)62-54-31-16-15-30-53(54)61(63-62)43-21-17-20-41(37-43)58(50-27-12-9-24-46(50)47-25-10-13-28-51(47)58)42-32-33-49-48-26-11-14-29-52(48)60(55(49)38-42)56-36-40(34-35-59-56)45-23-8-7-22-44(45)39-18-5-4-6-19-39;/h4-36H,1-3H3;/q-2;/p+1. The average molecular weight is 1010 g/mol. The summed E-state index contributed by atoms with van der Waals surface area (Å²) in [5, 5.41) is 6.43. The molecule has 0 atom stereocenters. The molecule has 3 heterocycles. The molecule has 64 heavy (non-hydrogen) atoms. The van der Waals surface area contributed by atoms with E-state index in [1.165, 1.54) is 33.4 Å². The molecule has 2 aromatic heterocycles. The first-order chi connectivity index (χ1) is 30.9. The smallest absolute Gasteiger partial charge is 0.145 e. The van der Waals surface area contributed by atoms with Gasteiger partial charge < -0.3 is 4.57 Å². The van der Waals surface area contributed by atoms with Crippen LogP contribution in [0.4, 0.5) is 17.1 Å². The summed E-state index contributed by atoms with van der Waals surface area (Å²) < 4.78 is 2.30. The summed E-state index contributed by atoms with van der Waals surface area (Å²) >= 11 is 0. The summed E-state index contributed by atoms with van der Waals surface area (Å²) in [5.74, 6) is 0.836. The van der Waals surface area contributed by atoms with E-state index in [1.54, 1.807) is 0 Å². The molecule has 0 spiro atoms. The number of aromatic nitrogens is 2. The number of nitrogens with zero attached hydrogens (tertiary/aromatic N) is 4. The number of para-hydroxylation sites is 3. The van der Waals surface area contributed by atoms with Gasteiger partial charge in [-0.1, -0.05) is 139 Å². The van der Waals surface area contributed by atoms with Gasteiger partial charge in [0.2, 0.25) is 0 Å². The number of pyridine rings is 1. The zero-order valence-corrected chi connectivity index (χ0v) is 37.9. The van der Waals surface area contributed by atoms with E-state index in [9.17, 15) is 0 Å². The van der Waals surface area contributed by atoms with Crippen molar-refractivity contribution in [3.8, 4) is 39.2 Å². The van der Waals surface area contributed by atoms with E-state index >= 15 is 0 Å². The Morgan fingerprint density at radius 2 is 1.12 bits per heavy atom. The fourth-order valence-electron chi connectivity index (χ4n) is 10.1. The Hall–Kier alpha value is -7.04. The van der Waals surface area contributed by atoms with E-state index in [0.717, 1.165) is 66.9 Å². The maximum Gasteiger partial charge on any atom is 0.145 e. The van der Waals surface area contributed by atoms with Crippen molar-refractivity contribution >= 4 is 38.9 Å². The predicted molar refractivity (Wildman–Crippen MR) is 257 cm³/mol. The summed E-state index contributed by atoms with van der Waals surface area (Å²) in [7, 11) is 0. The van der Waals surface area contributed by atoms with Crippen molar-refractivity contribution in [1.29, 1.82) is 0 Å². The van der Waals surface area contributed by atoms with Crippen LogP contribution in [0.25, 0.3) is 61.0 Å². The van der Waals surface area contributed by atoms with E-state index in [4.69, 9.17) is 9.92 Å². The molecule has 0 saturated heterocycles. The normalized spacial score (nSPS) is 13.7. The van der Waals surface area contributed by atoms with Gasteiger partial charge in [-0.05, 0) is 101 Å². The Morgan fingerprint density at radius 1 is 0.516 bits per heavy atom. The van der Waals surface area contributed by atoms with Crippen LogP contribution in [-0.2, 0) is 26.5 Å². The summed E-state index contributed by atoms with van der Waals surface area (Å²) in [6.07, 6.45) is 1.94. The van der Waals surface area contributed by atoms with Crippen LogP contribution >= 0.6 is 0 Å². The molecule has 1 aliphatic heterocycles. The van der Waals surface area contributed by atoms with Gasteiger partial charge in [-0.25, -0.2) is 4.98 Å². The monoisotopic (exact) mass is 1010 g/mol. The van der Waals surface area contributed by atoms with Crippen LogP contribution in [0.5, 0.6) is 0 Å². The molecule has 10 aromatic rings. The van der Waals surface area contributed by atoms with Gasteiger partial charge in [0.15, 0.2) is 0 Å². The molecule has 2 aliphatic rings. The summed E-state index contributed by atoms with van der Waals surface area (Å²) in [6, 6.07) is 77.6. The van der Waals surface area contributed by atoms with Crippen LogP contribution in [-0.4, -0.2) is 20.0 Å². The van der Waals surface area contributed by atoms with Gasteiger partial charge in [0.1, 0.15) is 22.7 Å². The third kappa shape index (κ3) is 6.03. The van der Waals surface area contributed by atoms with E-state index in [1.807, 2.05) is 11.3 Å². The third-order valence-electron chi connectivity index (χ3n) is 12.8. The number of benzene rings is 8. The number of anilines is 3. The summed E-state index contributed by atoms with van der Waals surface area (Å²) in [4.78, 5) is 10.3. The molecule has 12 rings (SSSR count). The summed E-state index contributed by atoms with van der Waals surface area (Å²) in [5.41, 5.74) is 15.5. The molecule has 0 saturated carbocycles. The van der Waals surface area contributed by atoms with E-state index in [-0.39, 0.29) is 26.6 Å². The number of hydroxylamine groups is 1. The fourth-order valence-corrected chi connectivity index (χ4v) is 10.1. The largest absolute Gasteiger partial charge is 0.319 e. The van der Waals surface area contributed by atoms with Gasteiger partial charge in [-0.3, -0.25) is 0 Å². The van der Waals surface area contributed by atoms with Gasteiger partial charge >= 0.3 is 0 Å². The molecular weight excluding hydrogens is 964 g/mol. The Bertz CT molecular complexity index is 3360. The second-order valence-electron chi connectivity index (χ2n) is 17.5. The molecular formula is C58H43N4OPt-. The molecule has 0 bridgehead atoms. The Balaban J connectivity index is 0.00000456. The fraction of sp³-hybridized carbons (Fsp3) is 0.0862. The minimum Gasteiger partial charge on any atom is -0.319 e. The molecule has 0 unspecified atom stereocenters. The van der Waals surface area contributed by atoms with E-state index < -0.39 is 5.41 Å². The molecule has 0 radical (unpaired) electrons. The van der Waals surface area contributed by atoms with Gasteiger partial charge in [0, 0.05) is 43.9 Å². The van der Waals surface area contributed by atoms with Crippen molar-refractivity contribution in [2.75, 3.05) is 10.1 Å². The van der Waals surface area contributed by atoms with Crippen molar-refractivity contribution in [3.05, 3.63) is 235 Å². The Kier molecular flexibility index (Phi) is 9.54. The van der Waals surface area contributed by atoms with Crippen molar-refractivity contribution in [3.63, 3.8) is 0 Å². The molecule has 1 aliphatic carbocycles. The molecule has 6 heteroatoms. The third-order valence-corrected chi connectivity index (χ3v) is 12.8. The summed E-state index contributed by atoms with van der Waals surface area (Å²) in [6.45, 7) is 6.58. The van der Waals surface area contributed by atoms with Gasteiger partial charge in [0.25, 0.3) is 0 Å². The van der Waals surface area contributed by atoms with Crippen molar-refractivity contribution in [2.45, 2.75) is 31.7 Å². The average Bonchev–Trinajstić information content (AvgIpc) is 3.99. The first kappa shape index (κ1) is 39.8. The van der Waals surface area contributed by atoms with Gasteiger partial charge in [0.05, 0.1) is 0 Å². The number of rotatable bonds is 6. The number of hydrogen-bond acceptors (Lipinski definition) is 3. The van der Waals surface area contributed by atoms with Gasteiger partial charge in [-0.15, -0.1) is 38.8 Å². The van der Waals surface area contributed by atoms with Gasteiger partial charge in [-0.2, -0.15) is 35.3 Å². The topological polar surface area (TPSA) is 37.1 Å². The predicted octanol–water partition coefficient (Wildman–Crippen LogP) is 14.1. The SMILES string of the molecule is CC(C)(C)N1[OH+]N(c2[c-]c(C3(c4[c-]c5c(cc4)c4ccccc4n5-c4cc(-c5ccccc5-c5ccccc5)ccn4)c4ccccc4-c4ccccc43)ccc2)c2ccccc21.[Pt]. The minimum absolute atomic E-state index is 0. The first-order valence-electron chi connectivity index (χ1n) is 21.6. The Labute approximate surface area is 388 Å². The molecule has 0 amide bonds. The van der Waals surface area contributed by atoms with Crippen LogP contribution in [0.2, 0.25) is 0 Å². The second kappa shape index (κ2) is 15.3. The van der Waals surface area contributed by atoms with E-state index in [0.29, 0.717) is 0 Å². The second-order valence-corrected chi connectivity index (χ2v) is 17.5. The van der Waals surface area contributed by atoms with Crippen LogP contribution in [0, 0.1) is 12.1 Å². The molecule has 1 N–H and O–H groups in total. The molecule has 5 nitrogen and oxygen atoms in total. The molecule has 312 valence electrons. The zero-order valence-electron chi connectivity index (χ0n) is 35.6. The maximum atomic E-state index is 5.23. The molecule has 8 aromatic carbocycles. The Morgan fingerprint density at radius 3 is 1.86 bits per heavy atom. The van der Waals surface area contributed by atoms with E-state index in [2.05, 4.69) is 237 Å². The van der Waals surface area contributed by atoms with Crippen molar-refractivity contribution < 1.29 is 26.0 Å². The molecule has 0 fully saturated rings. The van der Waals surface area contributed by atoms with Crippen molar-refractivity contribution in [2.24, 2.45) is 0 Å². The van der Waals surface area contributed by atoms with Crippen LogP contribution < -0.4 is 10.1 Å². The van der Waals surface area contributed by atoms with Crippen LogP contribution in [0.3, 0.4) is 0 Å².